The van der Waals surface area contributed by atoms with E-state index in [1.807, 2.05) is 6.92 Å². The van der Waals surface area contributed by atoms with Gasteiger partial charge in [0.15, 0.2) is 0 Å². The summed E-state index contributed by atoms with van der Waals surface area (Å²) in [7, 11) is 1.77. The van der Waals surface area contributed by atoms with E-state index >= 15 is 0 Å². The monoisotopic (exact) mass is 245 g/mol. The van der Waals surface area contributed by atoms with Gasteiger partial charge >= 0.3 is 0 Å². The average Bonchev–Trinajstić information content (AvgIpc) is 2.20. The Labute approximate surface area is 99.8 Å². The maximum atomic E-state index is 11.6. The average molecular weight is 246 g/mol. The number of likely N-dealkylation sites (N-methyl/N-ethyl adjacent to an activating group) is 1. The Morgan fingerprint density at radius 3 is 2.60 bits per heavy atom. The molecule has 0 aliphatic carbocycles. The molecule has 0 heterocycles. The summed E-state index contributed by atoms with van der Waals surface area (Å²) in [6, 6.07) is 5.17. The number of halogens is 2. The number of hydrogen-bond donors (Lipinski definition) is 0. The SMILES string of the molecule is CCN(C)C(=O)Cc1ccc(Cl)cc1Cl. The molecule has 4 heteroatoms. The molecule has 0 aromatic heterocycles. The Morgan fingerprint density at radius 1 is 1.40 bits per heavy atom. The summed E-state index contributed by atoms with van der Waals surface area (Å²) in [5.74, 6) is 0.0572. The highest BCUT2D eigenvalue weighted by Gasteiger charge is 2.10. The summed E-state index contributed by atoms with van der Waals surface area (Å²) in [6.07, 6.45) is 0.320. The molecule has 0 bridgehead atoms. The molecular formula is C11H13Cl2NO. The molecule has 1 rings (SSSR count). The van der Waals surface area contributed by atoms with Crippen LogP contribution in [0.25, 0.3) is 0 Å². The van der Waals surface area contributed by atoms with Crippen molar-refractivity contribution < 1.29 is 4.79 Å². The van der Waals surface area contributed by atoms with Gasteiger partial charge in [-0.1, -0.05) is 29.3 Å². The molecular weight excluding hydrogens is 233 g/mol. The van der Waals surface area contributed by atoms with Crippen molar-refractivity contribution in [2.45, 2.75) is 13.3 Å². The van der Waals surface area contributed by atoms with Crippen LogP contribution in [0, 0.1) is 0 Å². The van der Waals surface area contributed by atoms with Crippen LogP contribution in [0.4, 0.5) is 0 Å². The standard InChI is InChI=1S/C11H13Cl2NO/c1-3-14(2)11(15)6-8-4-5-9(12)7-10(8)13/h4-5,7H,3,6H2,1-2H3. The van der Waals surface area contributed by atoms with Gasteiger partial charge in [0.25, 0.3) is 0 Å². The topological polar surface area (TPSA) is 20.3 Å². The Kier molecular flexibility index (Phi) is 4.43. The first-order valence-corrected chi connectivity index (χ1v) is 5.48. The lowest BCUT2D eigenvalue weighted by Crippen LogP contribution is -2.27. The zero-order valence-electron chi connectivity index (χ0n) is 8.76. The smallest absolute Gasteiger partial charge is 0.226 e. The van der Waals surface area contributed by atoms with Crippen LogP contribution in [-0.2, 0) is 11.2 Å². The van der Waals surface area contributed by atoms with E-state index in [4.69, 9.17) is 23.2 Å². The van der Waals surface area contributed by atoms with E-state index in [0.717, 1.165) is 5.56 Å². The highest BCUT2D eigenvalue weighted by Crippen LogP contribution is 2.21. The Bertz CT molecular complexity index is 366. The predicted octanol–water partition coefficient (Wildman–Crippen LogP) is 3.01. The lowest BCUT2D eigenvalue weighted by atomic mass is 10.1. The van der Waals surface area contributed by atoms with Gasteiger partial charge in [0, 0.05) is 23.6 Å². The van der Waals surface area contributed by atoms with Crippen LogP contribution < -0.4 is 0 Å². The fraction of sp³-hybridized carbons (Fsp3) is 0.364. The van der Waals surface area contributed by atoms with Crippen LogP contribution in [0.3, 0.4) is 0 Å². The van der Waals surface area contributed by atoms with Gasteiger partial charge in [-0.05, 0) is 24.6 Å². The number of rotatable bonds is 3. The minimum absolute atomic E-state index is 0.0572. The molecule has 2 nitrogen and oxygen atoms in total. The first-order chi connectivity index (χ1) is 7.04. The van der Waals surface area contributed by atoms with Gasteiger partial charge in [0.05, 0.1) is 6.42 Å². The molecule has 1 aromatic rings. The summed E-state index contributed by atoms with van der Waals surface area (Å²) in [6.45, 7) is 2.63. The summed E-state index contributed by atoms with van der Waals surface area (Å²) in [5, 5.41) is 1.13. The second-order valence-corrected chi connectivity index (χ2v) is 4.16. The lowest BCUT2D eigenvalue weighted by molar-refractivity contribution is -0.128. The van der Waals surface area contributed by atoms with Crippen molar-refractivity contribution in [2.24, 2.45) is 0 Å². The summed E-state index contributed by atoms with van der Waals surface area (Å²) in [4.78, 5) is 13.3. The zero-order chi connectivity index (χ0) is 11.4. The third-order valence-corrected chi connectivity index (χ3v) is 2.84. The molecule has 0 spiro atoms. The largest absolute Gasteiger partial charge is 0.346 e. The van der Waals surface area contributed by atoms with Gasteiger partial charge in [-0.3, -0.25) is 4.79 Å². The van der Waals surface area contributed by atoms with Crippen LogP contribution in [0.1, 0.15) is 12.5 Å². The molecule has 82 valence electrons. The molecule has 0 N–H and O–H groups in total. The molecule has 1 aromatic carbocycles. The first kappa shape index (κ1) is 12.3. The first-order valence-electron chi connectivity index (χ1n) is 4.72. The van der Waals surface area contributed by atoms with Gasteiger partial charge in [-0.25, -0.2) is 0 Å². The van der Waals surface area contributed by atoms with Crippen LogP contribution in [0.2, 0.25) is 10.0 Å². The van der Waals surface area contributed by atoms with Gasteiger partial charge in [0.1, 0.15) is 0 Å². The van der Waals surface area contributed by atoms with Crippen LogP contribution in [0.5, 0.6) is 0 Å². The van der Waals surface area contributed by atoms with Crippen LogP contribution in [0.15, 0.2) is 18.2 Å². The predicted molar refractivity (Wildman–Crippen MR) is 63.5 cm³/mol. The van der Waals surface area contributed by atoms with Gasteiger partial charge < -0.3 is 4.90 Å². The molecule has 0 aliphatic heterocycles. The van der Waals surface area contributed by atoms with Crippen molar-refractivity contribution in [1.29, 1.82) is 0 Å². The molecule has 0 unspecified atom stereocenters. The van der Waals surface area contributed by atoms with Gasteiger partial charge in [0.2, 0.25) is 5.91 Å². The van der Waals surface area contributed by atoms with E-state index in [1.165, 1.54) is 0 Å². The van der Waals surface area contributed by atoms with E-state index in [1.54, 1.807) is 30.1 Å². The maximum absolute atomic E-state index is 11.6. The van der Waals surface area contributed by atoms with E-state index in [2.05, 4.69) is 0 Å². The van der Waals surface area contributed by atoms with Crippen LogP contribution >= 0.6 is 23.2 Å². The maximum Gasteiger partial charge on any atom is 0.226 e. The lowest BCUT2D eigenvalue weighted by Gasteiger charge is -2.14. The highest BCUT2D eigenvalue weighted by molar-refractivity contribution is 6.35. The van der Waals surface area contributed by atoms with Crippen molar-refractivity contribution in [3.05, 3.63) is 33.8 Å². The fourth-order valence-electron chi connectivity index (χ4n) is 1.14. The Balaban J connectivity index is 2.77. The normalized spacial score (nSPS) is 10.1. The number of carbonyl (C=O) groups is 1. The van der Waals surface area contributed by atoms with E-state index in [9.17, 15) is 4.79 Å². The number of hydrogen-bond acceptors (Lipinski definition) is 1. The number of amides is 1. The third kappa shape index (κ3) is 3.40. The minimum Gasteiger partial charge on any atom is -0.346 e. The number of carbonyl (C=O) groups excluding carboxylic acids is 1. The molecule has 1 amide bonds. The summed E-state index contributed by atoms with van der Waals surface area (Å²) < 4.78 is 0. The van der Waals surface area contributed by atoms with E-state index < -0.39 is 0 Å². The number of nitrogens with zero attached hydrogens (tertiary/aromatic N) is 1. The Morgan fingerprint density at radius 2 is 2.07 bits per heavy atom. The van der Waals surface area contributed by atoms with Crippen LogP contribution in [-0.4, -0.2) is 24.4 Å². The quantitative estimate of drug-likeness (QED) is 0.802. The molecule has 0 saturated heterocycles. The second-order valence-electron chi connectivity index (χ2n) is 3.32. The van der Waals surface area contributed by atoms with Crippen molar-refractivity contribution in [3.8, 4) is 0 Å². The van der Waals surface area contributed by atoms with Gasteiger partial charge in [-0.15, -0.1) is 0 Å². The van der Waals surface area contributed by atoms with E-state index in [0.29, 0.717) is 23.0 Å². The molecule has 15 heavy (non-hydrogen) atoms. The molecule has 0 aliphatic rings. The summed E-state index contributed by atoms with van der Waals surface area (Å²) >= 11 is 11.7. The van der Waals surface area contributed by atoms with Crippen molar-refractivity contribution in [2.75, 3.05) is 13.6 Å². The van der Waals surface area contributed by atoms with Gasteiger partial charge in [-0.2, -0.15) is 0 Å². The highest BCUT2D eigenvalue weighted by atomic mass is 35.5. The third-order valence-electron chi connectivity index (χ3n) is 2.26. The Hall–Kier alpha value is -0.730. The molecule has 0 saturated carbocycles. The number of benzene rings is 1. The minimum atomic E-state index is 0.0572. The van der Waals surface area contributed by atoms with Crippen molar-refractivity contribution in [3.63, 3.8) is 0 Å². The van der Waals surface area contributed by atoms with Crippen molar-refractivity contribution >= 4 is 29.1 Å². The van der Waals surface area contributed by atoms with E-state index in [-0.39, 0.29) is 5.91 Å². The molecule has 0 radical (unpaired) electrons. The van der Waals surface area contributed by atoms with Crippen molar-refractivity contribution in [1.82, 2.24) is 4.90 Å². The summed E-state index contributed by atoms with van der Waals surface area (Å²) in [5.41, 5.74) is 0.811. The fourth-order valence-corrected chi connectivity index (χ4v) is 1.61. The second kappa shape index (κ2) is 5.38. The zero-order valence-corrected chi connectivity index (χ0v) is 10.3. The molecule has 0 atom stereocenters. The molecule has 0 fully saturated rings.